The van der Waals surface area contributed by atoms with Gasteiger partial charge < -0.3 is 15.0 Å². The van der Waals surface area contributed by atoms with Gasteiger partial charge in [-0.05, 0) is 56.4 Å². The number of rotatable bonds is 6. The van der Waals surface area contributed by atoms with Crippen molar-refractivity contribution in [1.82, 2.24) is 15.3 Å². The van der Waals surface area contributed by atoms with Crippen LogP contribution in [0.4, 0.5) is 0 Å². The fourth-order valence-corrected chi connectivity index (χ4v) is 3.18. The Bertz CT molecular complexity index is 842. The first-order chi connectivity index (χ1) is 12.0. The van der Waals surface area contributed by atoms with Gasteiger partial charge >= 0.3 is 0 Å². The number of H-pyrrole nitrogens is 1. The van der Waals surface area contributed by atoms with Crippen molar-refractivity contribution in [2.24, 2.45) is 0 Å². The summed E-state index contributed by atoms with van der Waals surface area (Å²) in [5.74, 6) is 1.18. The minimum absolute atomic E-state index is 0.0211. The SMILES string of the molecule is Cc1nc(C)c(CC(=O)NCCOc2ccc3c(c2)CCC3)c(=O)[nH]1. The van der Waals surface area contributed by atoms with Crippen molar-refractivity contribution in [3.63, 3.8) is 0 Å². The molecule has 6 heteroatoms. The van der Waals surface area contributed by atoms with E-state index in [2.05, 4.69) is 27.4 Å². The van der Waals surface area contributed by atoms with Crippen LogP contribution in [0.1, 0.15) is 34.6 Å². The first-order valence-electron chi connectivity index (χ1n) is 8.60. The number of aromatic nitrogens is 2. The van der Waals surface area contributed by atoms with E-state index in [1.54, 1.807) is 13.8 Å². The molecule has 1 aromatic heterocycles. The third-order valence-electron chi connectivity index (χ3n) is 4.44. The molecule has 0 atom stereocenters. The van der Waals surface area contributed by atoms with Crippen molar-refractivity contribution < 1.29 is 9.53 Å². The molecular formula is C19H23N3O3. The number of aromatic amines is 1. The number of hydrogen-bond donors (Lipinski definition) is 2. The van der Waals surface area contributed by atoms with Crippen molar-refractivity contribution in [3.05, 3.63) is 56.8 Å². The minimum atomic E-state index is -0.255. The third-order valence-corrected chi connectivity index (χ3v) is 4.44. The number of benzene rings is 1. The first-order valence-corrected chi connectivity index (χ1v) is 8.60. The van der Waals surface area contributed by atoms with Crippen LogP contribution in [0.2, 0.25) is 0 Å². The van der Waals surface area contributed by atoms with Crippen molar-refractivity contribution in [2.45, 2.75) is 39.5 Å². The van der Waals surface area contributed by atoms with Crippen LogP contribution in [0.5, 0.6) is 5.75 Å². The molecule has 0 saturated heterocycles. The fourth-order valence-electron chi connectivity index (χ4n) is 3.18. The van der Waals surface area contributed by atoms with Gasteiger partial charge in [0, 0.05) is 11.3 Å². The van der Waals surface area contributed by atoms with E-state index in [1.807, 2.05) is 6.07 Å². The number of nitrogens with zero attached hydrogens (tertiary/aromatic N) is 1. The van der Waals surface area contributed by atoms with E-state index >= 15 is 0 Å². The zero-order chi connectivity index (χ0) is 17.8. The van der Waals surface area contributed by atoms with Crippen molar-refractivity contribution in [2.75, 3.05) is 13.2 Å². The summed E-state index contributed by atoms with van der Waals surface area (Å²) < 4.78 is 5.70. The van der Waals surface area contributed by atoms with Gasteiger partial charge in [-0.15, -0.1) is 0 Å². The molecule has 1 aliphatic carbocycles. The van der Waals surface area contributed by atoms with Gasteiger partial charge in [-0.3, -0.25) is 9.59 Å². The Hall–Kier alpha value is -2.63. The van der Waals surface area contributed by atoms with Gasteiger partial charge in [0.25, 0.3) is 5.56 Å². The molecule has 0 unspecified atom stereocenters. The van der Waals surface area contributed by atoms with E-state index < -0.39 is 0 Å². The van der Waals surface area contributed by atoms with Crippen molar-refractivity contribution >= 4 is 5.91 Å². The topological polar surface area (TPSA) is 84.1 Å². The van der Waals surface area contributed by atoms with Gasteiger partial charge in [-0.1, -0.05) is 6.07 Å². The molecule has 0 aliphatic heterocycles. The van der Waals surface area contributed by atoms with E-state index in [4.69, 9.17) is 4.74 Å². The van der Waals surface area contributed by atoms with Gasteiger partial charge in [0.1, 0.15) is 18.2 Å². The molecule has 1 amide bonds. The molecule has 1 heterocycles. The van der Waals surface area contributed by atoms with Crippen LogP contribution in [0, 0.1) is 13.8 Å². The van der Waals surface area contributed by atoms with Gasteiger partial charge in [-0.25, -0.2) is 4.98 Å². The van der Waals surface area contributed by atoms with E-state index in [9.17, 15) is 9.59 Å². The van der Waals surface area contributed by atoms with Gasteiger partial charge in [-0.2, -0.15) is 0 Å². The van der Waals surface area contributed by atoms with E-state index in [0.717, 1.165) is 18.6 Å². The Morgan fingerprint density at radius 2 is 2.08 bits per heavy atom. The monoisotopic (exact) mass is 341 g/mol. The Kier molecular flexibility index (Phi) is 5.16. The molecule has 3 rings (SSSR count). The number of carbonyl (C=O) groups is 1. The highest BCUT2D eigenvalue weighted by Crippen LogP contribution is 2.25. The van der Waals surface area contributed by atoms with Crippen LogP contribution < -0.4 is 15.6 Å². The van der Waals surface area contributed by atoms with Crippen molar-refractivity contribution in [3.8, 4) is 5.75 Å². The zero-order valence-corrected chi connectivity index (χ0v) is 14.6. The summed E-state index contributed by atoms with van der Waals surface area (Å²) >= 11 is 0. The highest BCUT2D eigenvalue weighted by Gasteiger charge is 2.12. The standard InChI is InChI=1S/C19H23N3O3/c1-12-17(19(24)22-13(2)21-12)11-18(23)20-8-9-25-16-7-6-14-4-3-5-15(14)10-16/h6-7,10H,3-5,8-9,11H2,1-2H3,(H,20,23)(H,21,22,24). The highest BCUT2D eigenvalue weighted by atomic mass is 16.5. The lowest BCUT2D eigenvalue weighted by Gasteiger charge is -2.10. The van der Waals surface area contributed by atoms with Crippen LogP contribution in [-0.4, -0.2) is 29.0 Å². The molecule has 0 saturated carbocycles. The molecule has 1 aliphatic rings. The summed E-state index contributed by atoms with van der Waals surface area (Å²) in [5, 5.41) is 2.78. The molecule has 25 heavy (non-hydrogen) atoms. The summed E-state index contributed by atoms with van der Waals surface area (Å²) in [7, 11) is 0. The predicted molar refractivity (Wildman–Crippen MR) is 95.0 cm³/mol. The Morgan fingerprint density at radius 1 is 1.28 bits per heavy atom. The number of carbonyl (C=O) groups excluding carboxylic acids is 1. The van der Waals surface area contributed by atoms with Crippen LogP contribution >= 0.6 is 0 Å². The first kappa shape index (κ1) is 17.2. The Labute approximate surface area is 146 Å². The lowest BCUT2D eigenvalue weighted by atomic mass is 10.1. The predicted octanol–water partition coefficient (Wildman–Crippen LogP) is 1.61. The Morgan fingerprint density at radius 3 is 2.88 bits per heavy atom. The maximum absolute atomic E-state index is 12.0. The summed E-state index contributed by atoms with van der Waals surface area (Å²) in [6.07, 6.45) is 3.49. The maximum atomic E-state index is 12.0. The van der Waals surface area contributed by atoms with Crippen LogP contribution in [-0.2, 0) is 24.1 Å². The second-order valence-electron chi connectivity index (χ2n) is 6.37. The lowest BCUT2D eigenvalue weighted by Crippen LogP contribution is -2.32. The highest BCUT2D eigenvalue weighted by molar-refractivity contribution is 5.78. The van der Waals surface area contributed by atoms with Crippen LogP contribution in [0.25, 0.3) is 0 Å². The van der Waals surface area contributed by atoms with Crippen LogP contribution in [0.3, 0.4) is 0 Å². The normalized spacial score (nSPS) is 12.7. The summed E-state index contributed by atoms with van der Waals surface area (Å²) in [6, 6.07) is 6.19. The number of ether oxygens (including phenoxy) is 1. The molecule has 2 N–H and O–H groups in total. The molecule has 132 valence electrons. The molecule has 0 bridgehead atoms. The smallest absolute Gasteiger partial charge is 0.254 e. The Balaban J connectivity index is 1.46. The summed E-state index contributed by atoms with van der Waals surface area (Å²) in [5.41, 5.74) is 3.51. The number of nitrogens with one attached hydrogen (secondary N) is 2. The fraction of sp³-hybridized carbons (Fsp3) is 0.421. The lowest BCUT2D eigenvalue weighted by molar-refractivity contribution is -0.120. The molecular weight excluding hydrogens is 318 g/mol. The number of fused-ring (bicyclic) bond motifs is 1. The summed E-state index contributed by atoms with van der Waals surface area (Å²) in [4.78, 5) is 30.7. The quantitative estimate of drug-likeness (QED) is 0.782. The number of hydrogen-bond acceptors (Lipinski definition) is 4. The van der Waals surface area contributed by atoms with Gasteiger partial charge in [0.2, 0.25) is 5.91 Å². The van der Waals surface area contributed by atoms with E-state index in [0.29, 0.717) is 30.2 Å². The van der Waals surface area contributed by atoms with Gasteiger partial charge in [0.15, 0.2) is 0 Å². The zero-order valence-electron chi connectivity index (χ0n) is 14.6. The molecule has 0 spiro atoms. The average Bonchev–Trinajstić information content (AvgIpc) is 3.02. The molecule has 0 radical (unpaired) electrons. The third kappa shape index (κ3) is 4.26. The van der Waals surface area contributed by atoms with Gasteiger partial charge in [0.05, 0.1) is 13.0 Å². The van der Waals surface area contributed by atoms with Crippen molar-refractivity contribution in [1.29, 1.82) is 0 Å². The largest absolute Gasteiger partial charge is 0.492 e. The minimum Gasteiger partial charge on any atom is -0.492 e. The number of aryl methyl sites for hydroxylation is 4. The molecule has 0 fully saturated rings. The second kappa shape index (κ2) is 7.51. The second-order valence-corrected chi connectivity index (χ2v) is 6.37. The van der Waals surface area contributed by atoms with E-state index in [1.165, 1.54) is 17.5 Å². The molecule has 6 nitrogen and oxygen atoms in total. The number of amides is 1. The average molecular weight is 341 g/mol. The molecule has 2 aromatic rings. The maximum Gasteiger partial charge on any atom is 0.254 e. The summed E-state index contributed by atoms with van der Waals surface area (Å²) in [6.45, 7) is 4.24. The van der Waals surface area contributed by atoms with Crippen LogP contribution in [0.15, 0.2) is 23.0 Å². The molecule has 1 aromatic carbocycles. The van der Waals surface area contributed by atoms with E-state index in [-0.39, 0.29) is 17.9 Å².